The van der Waals surface area contributed by atoms with E-state index in [-0.39, 0.29) is 12.2 Å². The smallest absolute Gasteiger partial charge is 0.156 e. The molecule has 104 valence electrons. The number of halogens is 2. The van der Waals surface area contributed by atoms with Gasteiger partial charge in [-0.25, -0.2) is 4.39 Å². The molecule has 2 aromatic rings. The summed E-state index contributed by atoms with van der Waals surface area (Å²) in [6.07, 6.45) is 0. The van der Waals surface area contributed by atoms with Crippen molar-refractivity contribution in [2.75, 3.05) is 5.73 Å². The molecule has 0 unspecified atom stereocenters. The summed E-state index contributed by atoms with van der Waals surface area (Å²) in [4.78, 5) is 0. The topological polar surface area (TPSA) is 82.8 Å². The van der Waals surface area contributed by atoms with Crippen molar-refractivity contribution >= 4 is 28.3 Å². The molecule has 0 radical (unpaired) electrons. The second-order valence-electron chi connectivity index (χ2n) is 4.20. The van der Waals surface area contributed by atoms with Crippen LogP contribution in [0.3, 0.4) is 0 Å². The molecule has 0 saturated carbocycles. The number of nitrogens with two attached hydrogens (primary N) is 1. The molecule has 2 N–H and O–H groups in total. The number of rotatable bonds is 3. The molecule has 0 saturated heterocycles. The van der Waals surface area contributed by atoms with Crippen LogP contribution in [-0.4, -0.2) is 0 Å². The highest BCUT2D eigenvalue weighted by molar-refractivity contribution is 14.1. The van der Waals surface area contributed by atoms with Crippen LogP contribution in [0.15, 0.2) is 30.3 Å². The van der Waals surface area contributed by atoms with Crippen LogP contribution >= 0.6 is 22.6 Å². The number of nitrogen functional groups attached to an aromatic ring is 1. The molecular formula is C15H9FIN3O. The first-order chi connectivity index (χ1) is 10.0. The lowest BCUT2D eigenvalue weighted by Crippen LogP contribution is -2.02. The summed E-state index contributed by atoms with van der Waals surface area (Å²) in [5.41, 5.74) is 7.30. The third-order valence-corrected chi connectivity index (χ3v) is 3.54. The van der Waals surface area contributed by atoms with Crippen LogP contribution in [-0.2, 0) is 6.61 Å². The van der Waals surface area contributed by atoms with Crippen molar-refractivity contribution in [3.8, 4) is 17.9 Å². The van der Waals surface area contributed by atoms with E-state index in [2.05, 4.69) is 0 Å². The molecule has 4 nitrogen and oxygen atoms in total. The Kier molecular flexibility index (Phi) is 4.61. The van der Waals surface area contributed by atoms with Crippen LogP contribution in [0.25, 0.3) is 0 Å². The summed E-state index contributed by atoms with van der Waals surface area (Å²) in [5.74, 6) is -0.0915. The minimum absolute atomic E-state index is 0.0291. The fourth-order valence-corrected chi connectivity index (χ4v) is 2.54. The summed E-state index contributed by atoms with van der Waals surface area (Å²) in [6.45, 7) is 0.154. The van der Waals surface area contributed by atoms with Crippen LogP contribution in [0, 0.1) is 32.0 Å². The van der Waals surface area contributed by atoms with Crippen LogP contribution in [0.2, 0.25) is 0 Å². The van der Waals surface area contributed by atoms with Gasteiger partial charge in [-0.3, -0.25) is 0 Å². The van der Waals surface area contributed by atoms with Crippen molar-refractivity contribution in [1.29, 1.82) is 10.5 Å². The first kappa shape index (κ1) is 15.1. The first-order valence-corrected chi connectivity index (χ1v) is 6.93. The molecule has 0 amide bonds. The number of hydrogen-bond acceptors (Lipinski definition) is 4. The van der Waals surface area contributed by atoms with Gasteiger partial charge < -0.3 is 10.5 Å². The molecule has 0 spiro atoms. The van der Waals surface area contributed by atoms with E-state index in [1.165, 1.54) is 18.2 Å². The first-order valence-electron chi connectivity index (χ1n) is 5.85. The molecule has 2 aromatic carbocycles. The van der Waals surface area contributed by atoms with Gasteiger partial charge in [0, 0.05) is 0 Å². The Bertz CT molecular complexity index is 754. The van der Waals surface area contributed by atoms with Gasteiger partial charge in [0.2, 0.25) is 0 Å². The summed E-state index contributed by atoms with van der Waals surface area (Å²) in [7, 11) is 0. The van der Waals surface area contributed by atoms with Gasteiger partial charge in [-0.1, -0.05) is 6.07 Å². The van der Waals surface area contributed by atoms with E-state index in [1.54, 1.807) is 18.2 Å². The van der Waals surface area contributed by atoms with Crippen molar-refractivity contribution in [1.82, 2.24) is 0 Å². The second kappa shape index (κ2) is 6.42. The highest BCUT2D eigenvalue weighted by atomic mass is 127. The van der Waals surface area contributed by atoms with Gasteiger partial charge in [0.15, 0.2) is 5.75 Å². The van der Waals surface area contributed by atoms with E-state index in [0.29, 0.717) is 26.1 Å². The van der Waals surface area contributed by atoms with Crippen LogP contribution in [0.1, 0.15) is 16.7 Å². The zero-order chi connectivity index (χ0) is 15.4. The lowest BCUT2D eigenvalue weighted by Gasteiger charge is -2.11. The zero-order valence-electron chi connectivity index (χ0n) is 10.7. The maximum Gasteiger partial charge on any atom is 0.156 e. The maximum absolute atomic E-state index is 13.2. The normalized spacial score (nSPS) is 9.71. The number of hydrogen-bond donors (Lipinski definition) is 1. The van der Waals surface area contributed by atoms with Crippen molar-refractivity contribution in [3.63, 3.8) is 0 Å². The lowest BCUT2D eigenvalue weighted by atomic mass is 10.1. The summed E-state index contributed by atoms with van der Waals surface area (Å²) < 4.78 is 19.6. The Labute approximate surface area is 134 Å². The highest BCUT2D eigenvalue weighted by Gasteiger charge is 2.10. The van der Waals surface area contributed by atoms with E-state index >= 15 is 0 Å². The average molecular weight is 393 g/mol. The minimum Gasteiger partial charge on any atom is -0.486 e. The standard InChI is InChI=1S/C15H9FIN3O/c16-12-2-1-9(3-11(12)7-19)8-21-15-13(17)4-10(6-18)5-14(15)20/h1-5H,8,20H2. The Morgan fingerprint density at radius 2 is 1.95 bits per heavy atom. The second-order valence-corrected chi connectivity index (χ2v) is 5.37. The molecule has 2 rings (SSSR count). The van der Waals surface area contributed by atoms with Gasteiger partial charge in [-0.05, 0) is 52.4 Å². The Morgan fingerprint density at radius 3 is 2.57 bits per heavy atom. The quantitative estimate of drug-likeness (QED) is 0.641. The van der Waals surface area contributed by atoms with Crippen molar-refractivity contribution in [2.24, 2.45) is 0 Å². The van der Waals surface area contributed by atoms with Crippen molar-refractivity contribution in [3.05, 3.63) is 56.4 Å². The number of nitriles is 2. The predicted octanol–water partition coefficient (Wildman–Crippen LogP) is 3.33. The third-order valence-electron chi connectivity index (χ3n) is 2.74. The molecular weight excluding hydrogens is 384 g/mol. The Hall–Kier alpha value is -2.32. The molecule has 0 fully saturated rings. The molecule has 0 aliphatic heterocycles. The molecule has 0 aliphatic carbocycles. The molecule has 0 aliphatic rings. The van der Waals surface area contributed by atoms with E-state index in [4.69, 9.17) is 21.0 Å². The Balaban J connectivity index is 2.21. The van der Waals surface area contributed by atoms with Crippen LogP contribution in [0.5, 0.6) is 5.75 Å². The zero-order valence-corrected chi connectivity index (χ0v) is 12.9. The fraction of sp³-hybridized carbons (Fsp3) is 0.0667. The number of ether oxygens (including phenoxy) is 1. The summed E-state index contributed by atoms with van der Waals surface area (Å²) in [5, 5.41) is 17.6. The average Bonchev–Trinajstić information content (AvgIpc) is 2.47. The molecule has 0 bridgehead atoms. The molecule has 0 aromatic heterocycles. The van der Waals surface area contributed by atoms with E-state index in [0.717, 1.165) is 0 Å². The predicted molar refractivity (Wildman–Crippen MR) is 83.7 cm³/mol. The molecule has 21 heavy (non-hydrogen) atoms. The van der Waals surface area contributed by atoms with Gasteiger partial charge in [0.25, 0.3) is 0 Å². The molecule has 0 heterocycles. The lowest BCUT2D eigenvalue weighted by molar-refractivity contribution is 0.305. The van der Waals surface area contributed by atoms with Gasteiger partial charge >= 0.3 is 0 Å². The van der Waals surface area contributed by atoms with E-state index in [1.807, 2.05) is 28.7 Å². The summed E-state index contributed by atoms with van der Waals surface area (Å²) >= 11 is 2.03. The maximum atomic E-state index is 13.2. The van der Waals surface area contributed by atoms with Crippen LogP contribution < -0.4 is 10.5 Å². The SMILES string of the molecule is N#Cc1cc(N)c(OCc2ccc(F)c(C#N)c2)c(I)c1. The van der Waals surface area contributed by atoms with Crippen molar-refractivity contribution < 1.29 is 9.13 Å². The Morgan fingerprint density at radius 1 is 1.19 bits per heavy atom. The largest absolute Gasteiger partial charge is 0.486 e. The number of benzene rings is 2. The van der Waals surface area contributed by atoms with Gasteiger partial charge in [-0.2, -0.15) is 10.5 Å². The monoisotopic (exact) mass is 393 g/mol. The number of nitrogens with zero attached hydrogens (tertiary/aromatic N) is 2. The molecule has 6 heteroatoms. The van der Waals surface area contributed by atoms with E-state index < -0.39 is 5.82 Å². The van der Waals surface area contributed by atoms with Crippen LogP contribution in [0.4, 0.5) is 10.1 Å². The number of anilines is 1. The molecule has 0 atom stereocenters. The van der Waals surface area contributed by atoms with Gasteiger partial charge in [0.1, 0.15) is 18.5 Å². The minimum atomic E-state index is -0.561. The van der Waals surface area contributed by atoms with Gasteiger partial charge in [0.05, 0.1) is 26.5 Å². The highest BCUT2D eigenvalue weighted by Crippen LogP contribution is 2.30. The summed E-state index contributed by atoms with van der Waals surface area (Å²) in [6, 6.07) is 11.2. The van der Waals surface area contributed by atoms with Crippen molar-refractivity contribution in [2.45, 2.75) is 6.61 Å². The van der Waals surface area contributed by atoms with E-state index in [9.17, 15) is 4.39 Å². The third kappa shape index (κ3) is 3.41. The fourth-order valence-electron chi connectivity index (χ4n) is 1.73. The van der Waals surface area contributed by atoms with Gasteiger partial charge in [-0.15, -0.1) is 0 Å².